The first-order chi connectivity index (χ1) is 31.3. The average molecular weight is 929 g/mol. The number of carbonyl (C=O) groups excluding carboxylic acids is 6. The van der Waals surface area contributed by atoms with Gasteiger partial charge in [-0.2, -0.15) is 0 Å². The number of likely N-dealkylation sites (tertiary alicyclic amines) is 1. The Morgan fingerprint density at radius 2 is 1.29 bits per heavy atom. The number of amides is 6. The van der Waals surface area contributed by atoms with Crippen LogP contribution in [-0.2, 0) is 40.0 Å². The summed E-state index contributed by atoms with van der Waals surface area (Å²) in [6, 6.07) is 1.36. The number of carbonyl (C=O) groups is 7. The maximum atomic E-state index is 14.3. The number of nitrogens with one attached hydrogen (secondary N) is 5. The third-order valence-corrected chi connectivity index (χ3v) is 11.3. The second-order valence-electron chi connectivity index (χ2n) is 17.3. The molecule has 0 saturated carbocycles. The molecule has 0 radical (unpaired) electrons. The zero-order chi connectivity index (χ0) is 49.3. The van der Waals surface area contributed by atoms with Gasteiger partial charge in [0, 0.05) is 19.6 Å². The van der Waals surface area contributed by atoms with E-state index in [1.54, 1.807) is 6.92 Å². The number of nitrogens with zero attached hydrogens (tertiary/aromatic N) is 3. The molecular weight excluding hydrogens is 853 g/mol. The number of aliphatic carboxylic acids is 1. The SMILES string of the molecule is CC[C@H](C)[C@H](NC(=O)[C@H](CCCN=C(N)N)NC(=O)[C@H](CC(C)C)NC(=O)[C@@H](N)Cc1ccccc1)C(=O)N[C@@H](CCCN=C(N)N)C(=O)N1CCC[C@H]1C(=O)N[C@@H](CCCCN)C(=O)O. The largest absolute Gasteiger partial charge is 0.480 e. The third kappa shape index (κ3) is 20.0. The van der Waals surface area contributed by atoms with Gasteiger partial charge in [0.25, 0.3) is 0 Å². The highest BCUT2D eigenvalue weighted by atomic mass is 16.4. The first-order valence-corrected chi connectivity index (χ1v) is 22.9. The molecule has 22 nitrogen and oxygen atoms in total. The van der Waals surface area contributed by atoms with Crippen molar-refractivity contribution in [3.63, 3.8) is 0 Å². The van der Waals surface area contributed by atoms with Crippen molar-refractivity contribution in [2.45, 2.75) is 147 Å². The maximum Gasteiger partial charge on any atom is 0.326 e. The lowest BCUT2D eigenvalue weighted by Gasteiger charge is -2.32. The van der Waals surface area contributed by atoms with Crippen molar-refractivity contribution < 1.29 is 38.7 Å². The minimum Gasteiger partial charge on any atom is -0.480 e. The average Bonchev–Trinajstić information content (AvgIpc) is 3.76. The normalized spacial score (nSPS) is 16.6. The standard InChI is InChI=1S/C44H76N14O8/c1-5-27(4)35(40(63)54-31(18-12-22-52-44(49)50)41(64)58-23-13-19-34(58)39(62)55-32(42(65)66)16-9-10-20-45)57-37(60)30(17-11-21-51-43(47)48)53-38(61)33(24-26(2)3)56-36(59)29(46)25-28-14-7-6-8-15-28/h6-8,14-15,26-27,29-35H,5,9-13,16-25,45-46H2,1-4H3,(H,53,61)(H,54,63)(H,55,62)(H,56,59)(H,57,60)(H,65,66)(H4,47,48,51)(H4,49,50,52)/t27-,29-,30-,31-,32-,33-,34-,35-/m0/s1. The van der Waals surface area contributed by atoms with Gasteiger partial charge in [0.15, 0.2) is 11.9 Å². The van der Waals surface area contributed by atoms with E-state index in [-0.39, 0.29) is 88.8 Å². The summed E-state index contributed by atoms with van der Waals surface area (Å²) in [6.07, 6.45) is 3.39. The number of hydrogen-bond acceptors (Lipinski definition) is 11. The van der Waals surface area contributed by atoms with Gasteiger partial charge in [-0.15, -0.1) is 0 Å². The Labute approximate surface area is 388 Å². The molecule has 8 atom stereocenters. The number of hydrogen-bond donors (Lipinski definition) is 12. The van der Waals surface area contributed by atoms with Crippen molar-refractivity contribution >= 4 is 53.3 Å². The van der Waals surface area contributed by atoms with Gasteiger partial charge in [-0.1, -0.05) is 64.4 Å². The van der Waals surface area contributed by atoms with Crippen LogP contribution in [0.2, 0.25) is 0 Å². The van der Waals surface area contributed by atoms with E-state index in [9.17, 15) is 38.7 Å². The summed E-state index contributed by atoms with van der Waals surface area (Å²) in [7, 11) is 0. The van der Waals surface area contributed by atoms with Crippen LogP contribution in [0.15, 0.2) is 40.3 Å². The van der Waals surface area contributed by atoms with Crippen molar-refractivity contribution in [1.82, 2.24) is 31.5 Å². The highest BCUT2D eigenvalue weighted by Crippen LogP contribution is 2.21. The molecule has 2 rings (SSSR count). The summed E-state index contributed by atoms with van der Waals surface area (Å²) in [6.45, 7) is 8.11. The number of carboxylic acid groups (broad SMARTS) is 1. The minimum atomic E-state index is -1.22. The minimum absolute atomic E-state index is 0.0408. The van der Waals surface area contributed by atoms with Crippen molar-refractivity contribution in [1.29, 1.82) is 0 Å². The summed E-state index contributed by atoms with van der Waals surface area (Å²) < 4.78 is 0. The fourth-order valence-corrected chi connectivity index (χ4v) is 7.49. The van der Waals surface area contributed by atoms with Crippen LogP contribution >= 0.6 is 0 Å². The molecule has 1 aromatic carbocycles. The Bertz CT molecular complexity index is 1790. The number of unbranched alkanes of at least 4 members (excludes halogenated alkanes) is 1. The van der Waals surface area contributed by atoms with Crippen molar-refractivity contribution in [3.05, 3.63) is 35.9 Å². The van der Waals surface area contributed by atoms with Gasteiger partial charge in [-0.05, 0) is 94.6 Å². The monoisotopic (exact) mass is 929 g/mol. The van der Waals surface area contributed by atoms with Crippen LogP contribution in [0.4, 0.5) is 0 Å². The summed E-state index contributed by atoms with van der Waals surface area (Å²) >= 11 is 0. The Kier molecular flexibility index (Phi) is 25.1. The van der Waals surface area contributed by atoms with E-state index < -0.39 is 89.6 Å². The Balaban J connectivity index is 2.39. The predicted octanol–water partition coefficient (Wildman–Crippen LogP) is -1.62. The lowest BCUT2D eigenvalue weighted by atomic mass is 9.96. The second-order valence-corrected chi connectivity index (χ2v) is 17.3. The quantitative estimate of drug-likeness (QED) is 0.0235. The molecule has 22 heteroatoms. The van der Waals surface area contributed by atoms with Crippen LogP contribution in [0.25, 0.3) is 0 Å². The van der Waals surface area contributed by atoms with Crippen LogP contribution in [0, 0.1) is 11.8 Å². The molecule has 0 aliphatic carbocycles. The molecule has 1 aromatic rings. The Morgan fingerprint density at radius 1 is 0.727 bits per heavy atom. The van der Waals surface area contributed by atoms with Gasteiger partial charge >= 0.3 is 5.97 Å². The van der Waals surface area contributed by atoms with E-state index in [1.165, 1.54) is 4.90 Å². The molecule has 1 fully saturated rings. The van der Waals surface area contributed by atoms with Gasteiger partial charge < -0.3 is 71.0 Å². The van der Waals surface area contributed by atoms with Crippen LogP contribution in [0.5, 0.6) is 0 Å². The van der Waals surface area contributed by atoms with Gasteiger partial charge in [0.2, 0.25) is 35.4 Å². The summed E-state index contributed by atoms with van der Waals surface area (Å²) in [5.74, 6) is -5.89. The number of carboxylic acids is 1. The van der Waals surface area contributed by atoms with Crippen LogP contribution < -0.4 is 61.0 Å². The lowest BCUT2D eigenvalue weighted by Crippen LogP contribution is -2.61. The lowest BCUT2D eigenvalue weighted by molar-refractivity contribution is -0.145. The van der Waals surface area contributed by atoms with Crippen LogP contribution in [-0.4, -0.2) is 132 Å². The van der Waals surface area contributed by atoms with Crippen LogP contribution in [0.3, 0.4) is 0 Å². The number of benzene rings is 1. The molecule has 0 spiro atoms. The van der Waals surface area contributed by atoms with E-state index in [2.05, 4.69) is 36.6 Å². The molecule has 18 N–H and O–H groups in total. The van der Waals surface area contributed by atoms with Crippen molar-refractivity contribution in [2.75, 3.05) is 26.2 Å². The molecule has 0 aromatic heterocycles. The number of rotatable bonds is 30. The topological polar surface area (TPSA) is 384 Å². The molecule has 0 bridgehead atoms. The van der Waals surface area contributed by atoms with E-state index in [4.69, 9.17) is 34.4 Å². The second kappa shape index (κ2) is 29.5. The molecule has 1 aliphatic rings. The number of guanidine groups is 2. The zero-order valence-electron chi connectivity index (χ0n) is 39.0. The smallest absolute Gasteiger partial charge is 0.326 e. The highest BCUT2D eigenvalue weighted by molar-refractivity contribution is 5.97. The Morgan fingerprint density at radius 3 is 1.85 bits per heavy atom. The maximum absolute atomic E-state index is 14.3. The zero-order valence-corrected chi connectivity index (χ0v) is 39.0. The first kappa shape index (κ1) is 56.1. The van der Waals surface area contributed by atoms with Gasteiger partial charge in [-0.3, -0.25) is 38.8 Å². The molecular formula is C44H76N14O8. The predicted molar refractivity (Wildman–Crippen MR) is 252 cm³/mol. The van der Waals surface area contributed by atoms with Gasteiger partial charge in [-0.25, -0.2) is 4.79 Å². The molecule has 6 amide bonds. The van der Waals surface area contributed by atoms with E-state index in [0.29, 0.717) is 32.2 Å². The number of aliphatic imine (C=N–C) groups is 2. The van der Waals surface area contributed by atoms with Crippen molar-refractivity contribution in [3.8, 4) is 0 Å². The molecule has 1 heterocycles. The van der Waals surface area contributed by atoms with Crippen molar-refractivity contribution in [2.24, 2.45) is 56.2 Å². The van der Waals surface area contributed by atoms with E-state index >= 15 is 0 Å². The highest BCUT2D eigenvalue weighted by Gasteiger charge is 2.40. The molecule has 66 heavy (non-hydrogen) atoms. The van der Waals surface area contributed by atoms with Crippen LogP contribution in [0.1, 0.15) is 104 Å². The molecule has 0 unspecified atom stereocenters. The summed E-state index contributed by atoms with van der Waals surface area (Å²) in [5.41, 5.74) is 34.7. The van der Waals surface area contributed by atoms with Gasteiger partial charge in [0.1, 0.15) is 36.3 Å². The van der Waals surface area contributed by atoms with Gasteiger partial charge in [0.05, 0.1) is 6.04 Å². The summed E-state index contributed by atoms with van der Waals surface area (Å²) in [4.78, 5) is 105. The fraction of sp³-hybridized carbons (Fsp3) is 0.659. The first-order valence-electron chi connectivity index (χ1n) is 22.9. The molecule has 1 aliphatic heterocycles. The fourth-order valence-electron chi connectivity index (χ4n) is 7.49. The Hall–Kier alpha value is -6.03. The number of nitrogens with two attached hydrogens (primary N) is 6. The summed E-state index contributed by atoms with van der Waals surface area (Å²) in [5, 5.41) is 23.5. The molecule has 370 valence electrons. The van der Waals surface area contributed by atoms with E-state index in [0.717, 1.165) is 5.56 Å². The molecule has 1 saturated heterocycles. The third-order valence-electron chi connectivity index (χ3n) is 11.3. The van der Waals surface area contributed by atoms with E-state index in [1.807, 2.05) is 51.1 Å².